The molecule has 0 bridgehead atoms. The van der Waals surface area contributed by atoms with Crippen LogP contribution in [0.25, 0.3) is 5.70 Å². The molecule has 1 aromatic heterocycles. The molecule has 0 aliphatic carbocycles. The summed E-state index contributed by atoms with van der Waals surface area (Å²) < 4.78 is 18.9. The minimum atomic E-state index is -0.670. The fraction of sp³-hybridized carbons (Fsp3) is 0.185. The van der Waals surface area contributed by atoms with Crippen LogP contribution < -0.4 is 15.4 Å². The lowest BCUT2D eigenvalue weighted by Gasteiger charge is -2.24. The number of benzene rings is 2. The summed E-state index contributed by atoms with van der Waals surface area (Å²) in [6, 6.07) is 13.3. The van der Waals surface area contributed by atoms with Crippen molar-refractivity contribution in [3.63, 3.8) is 0 Å². The number of thiophene rings is 1. The second kappa shape index (κ2) is 11.6. The maximum absolute atomic E-state index is 13.5. The lowest BCUT2D eigenvalue weighted by Crippen LogP contribution is -2.46. The molecule has 0 unspecified atom stereocenters. The van der Waals surface area contributed by atoms with E-state index in [1.165, 1.54) is 19.2 Å². The van der Waals surface area contributed by atoms with Crippen LogP contribution >= 0.6 is 22.9 Å². The topological polar surface area (TPSA) is 112 Å². The zero-order valence-electron chi connectivity index (χ0n) is 20.5. The molecule has 1 aliphatic heterocycles. The number of carbonyl (C=O) groups excluding carboxylic acids is 3. The normalized spacial score (nSPS) is 14.1. The van der Waals surface area contributed by atoms with Crippen molar-refractivity contribution in [3.8, 4) is 5.06 Å². The Morgan fingerprint density at radius 2 is 1.79 bits per heavy atom. The zero-order valence-corrected chi connectivity index (χ0v) is 22.1. The van der Waals surface area contributed by atoms with Gasteiger partial charge in [-0.1, -0.05) is 47.2 Å². The Bertz CT molecular complexity index is 1400. The van der Waals surface area contributed by atoms with Crippen LogP contribution in [0.3, 0.4) is 0 Å². The fourth-order valence-electron chi connectivity index (χ4n) is 4.22. The first-order valence-electron chi connectivity index (χ1n) is 11.5. The number of methoxy groups -OCH3 is 1. The molecule has 0 saturated heterocycles. The lowest BCUT2D eigenvalue weighted by molar-refractivity contribution is 0.0629. The number of ether oxygens (including phenoxy) is 1. The summed E-state index contributed by atoms with van der Waals surface area (Å²) >= 11 is 7.24. The maximum Gasteiger partial charge on any atom is 0.261 e. The second-order valence-electron chi connectivity index (χ2n) is 8.40. The van der Waals surface area contributed by atoms with E-state index in [1.54, 1.807) is 49.5 Å². The molecule has 4 rings (SSSR count). The SMILES string of the molecule is CN/C(=C(/Cl)C=N)c1cc(C(=O)N[C@@H](Cc2ccc(F)cc2)CN2C(=O)c3ccccc3C2=O)sc1OC. The van der Waals surface area contributed by atoms with Crippen molar-refractivity contribution in [2.45, 2.75) is 12.5 Å². The van der Waals surface area contributed by atoms with Crippen molar-refractivity contribution < 1.29 is 23.5 Å². The molecule has 3 amide bonds. The van der Waals surface area contributed by atoms with Gasteiger partial charge < -0.3 is 20.8 Å². The van der Waals surface area contributed by atoms with Crippen molar-refractivity contribution in [2.75, 3.05) is 20.7 Å². The van der Waals surface area contributed by atoms with Crippen LogP contribution in [0.1, 0.15) is 41.5 Å². The number of carbonyl (C=O) groups is 3. The number of allylic oxidation sites excluding steroid dienone is 1. The molecule has 0 fully saturated rings. The highest BCUT2D eigenvalue weighted by Crippen LogP contribution is 2.36. The molecule has 3 aromatic rings. The van der Waals surface area contributed by atoms with Gasteiger partial charge in [0, 0.05) is 19.8 Å². The molecule has 2 aromatic carbocycles. The smallest absolute Gasteiger partial charge is 0.261 e. The molecule has 3 N–H and O–H groups in total. The first kappa shape index (κ1) is 27.0. The Kier molecular flexibility index (Phi) is 8.23. The predicted molar refractivity (Wildman–Crippen MR) is 145 cm³/mol. The Balaban J connectivity index is 1.62. The first-order chi connectivity index (χ1) is 18.3. The van der Waals surface area contributed by atoms with Gasteiger partial charge in [0.05, 0.1) is 45.4 Å². The molecular weight excluding hydrogens is 531 g/mol. The van der Waals surface area contributed by atoms with Crippen LogP contribution in [0.2, 0.25) is 0 Å². The number of hydrogen-bond donors (Lipinski definition) is 3. The molecule has 11 heteroatoms. The van der Waals surface area contributed by atoms with Crippen LogP contribution in [0, 0.1) is 11.2 Å². The molecule has 0 spiro atoms. The number of nitrogens with one attached hydrogen (secondary N) is 3. The molecule has 0 saturated carbocycles. The minimum Gasteiger partial charge on any atom is -0.487 e. The van der Waals surface area contributed by atoms with E-state index in [0.717, 1.165) is 28.0 Å². The fourth-order valence-corrected chi connectivity index (χ4v) is 5.29. The molecule has 0 radical (unpaired) electrons. The summed E-state index contributed by atoms with van der Waals surface area (Å²) in [5, 5.41) is 13.8. The summed E-state index contributed by atoms with van der Waals surface area (Å²) in [6.45, 7) is -0.0773. The van der Waals surface area contributed by atoms with Gasteiger partial charge in [-0.25, -0.2) is 4.39 Å². The van der Waals surface area contributed by atoms with E-state index in [4.69, 9.17) is 21.7 Å². The largest absolute Gasteiger partial charge is 0.487 e. The van der Waals surface area contributed by atoms with Gasteiger partial charge in [-0.3, -0.25) is 19.3 Å². The quantitative estimate of drug-likeness (QED) is 0.255. The summed E-state index contributed by atoms with van der Waals surface area (Å²) in [6.07, 6.45) is 1.22. The Labute approximate surface area is 227 Å². The summed E-state index contributed by atoms with van der Waals surface area (Å²) in [5.41, 5.74) is 2.27. The van der Waals surface area contributed by atoms with Gasteiger partial charge in [0.1, 0.15) is 5.82 Å². The lowest BCUT2D eigenvalue weighted by atomic mass is 10.0. The number of hydrogen-bond acceptors (Lipinski definition) is 7. The third-order valence-corrected chi connectivity index (χ3v) is 7.40. The van der Waals surface area contributed by atoms with Crippen molar-refractivity contribution >= 4 is 52.6 Å². The molecule has 196 valence electrons. The van der Waals surface area contributed by atoms with Gasteiger partial charge in [-0.15, -0.1) is 0 Å². The molecule has 1 atom stereocenters. The van der Waals surface area contributed by atoms with E-state index < -0.39 is 29.6 Å². The van der Waals surface area contributed by atoms with Gasteiger partial charge in [0.2, 0.25) is 0 Å². The highest BCUT2D eigenvalue weighted by molar-refractivity contribution is 7.16. The average molecular weight is 555 g/mol. The average Bonchev–Trinajstić information content (AvgIpc) is 3.45. The van der Waals surface area contributed by atoms with E-state index >= 15 is 0 Å². The summed E-state index contributed by atoms with van der Waals surface area (Å²) in [5.74, 6) is -1.72. The standard InChI is InChI=1S/C27H24ClFN4O4S/c1-31-23(21(28)13-30)20-12-22(38-27(20)37-2)24(34)32-17(11-15-7-9-16(29)10-8-15)14-33-25(35)18-5-3-4-6-19(18)26(33)36/h3-10,12-13,17,30-31H,11,14H2,1-2H3,(H,32,34)/b23-21+,30-13?/t17-/m0/s1. The van der Waals surface area contributed by atoms with Crippen LogP contribution in [-0.2, 0) is 6.42 Å². The van der Waals surface area contributed by atoms with Gasteiger partial charge in [0.25, 0.3) is 17.7 Å². The van der Waals surface area contributed by atoms with Gasteiger partial charge in [-0.05, 0) is 42.3 Å². The summed E-state index contributed by atoms with van der Waals surface area (Å²) in [7, 11) is 3.10. The van der Waals surface area contributed by atoms with Gasteiger partial charge >= 0.3 is 0 Å². The minimum absolute atomic E-state index is 0.0773. The molecule has 8 nitrogen and oxygen atoms in total. The van der Waals surface area contributed by atoms with Crippen LogP contribution in [0.15, 0.2) is 59.6 Å². The van der Waals surface area contributed by atoms with Gasteiger partial charge in [-0.2, -0.15) is 0 Å². The van der Waals surface area contributed by atoms with Crippen molar-refractivity contribution in [2.24, 2.45) is 0 Å². The van der Waals surface area contributed by atoms with E-state index in [-0.39, 0.29) is 18.0 Å². The van der Waals surface area contributed by atoms with E-state index in [2.05, 4.69) is 10.6 Å². The molecule has 1 aliphatic rings. The second-order valence-corrected chi connectivity index (χ2v) is 9.82. The van der Waals surface area contributed by atoms with Crippen molar-refractivity contribution in [1.82, 2.24) is 15.5 Å². The Morgan fingerprint density at radius 1 is 1.16 bits per heavy atom. The highest BCUT2D eigenvalue weighted by atomic mass is 35.5. The van der Waals surface area contributed by atoms with Crippen LogP contribution in [0.4, 0.5) is 4.39 Å². The van der Waals surface area contributed by atoms with E-state index in [0.29, 0.717) is 32.3 Å². The van der Waals surface area contributed by atoms with Crippen LogP contribution in [-0.4, -0.2) is 55.6 Å². The van der Waals surface area contributed by atoms with E-state index in [9.17, 15) is 18.8 Å². The van der Waals surface area contributed by atoms with Gasteiger partial charge in [0.15, 0.2) is 5.06 Å². The maximum atomic E-state index is 13.5. The Hall–Kier alpha value is -4.02. The first-order valence-corrected chi connectivity index (χ1v) is 12.7. The molecule has 2 heterocycles. The van der Waals surface area contributed by atoms with Crippen molar-refractivity contribution in [3.05, 3.63) is 92.6 Å². The number of nitrogens with zero attached hydrogens (tertiary/aromatic N) is 1. The number of rotatable bonds is 10. The highest BCUT2D eigenvalue weighted by Gasteiger charge is 2.37. The Morgan fingerprint density at radius 3 is 2.34 bits per heavy atom. The number of amides is 3. The predicted octanol–water partition coefficient (Wildman–Crippen LogP) is 4.31. The monoisotopic (exact) mass is 554 g/mol. The number of imide groups is 1. The number of halogens is 2. The van der Waals surface area contributed by atoms with Crippen molar-refractivity contribution in [1.29, 1.82) is 5.41 Å². The number of fused-ring (bicyclic) bond motifs is 1. The molecule has 38 heavy (non-hydrogen) atoms. The van der Waals surface area contributed by atoms with E-state index in [1.807, 2.05) is 0 Å². The molecular formula is C27H24ClFN4O4S. The van der Waals surface area contributed by atoms with Crippen LogP contribution in [0.5, 0.6) is 5.06 Å². The summed E-state index contributed by atoms with van der Waals surface area (Å²) in [4.78, 5) is 40.7. The zero-order chi connectivity index (χ0) is 27.4. The third kappa shape index (κ3) is 5.46. The third-order valence-electron chi connectivity index (χ3n) is 6.00.